The van der Waals surface area contributed by atoms with E-state index in [1.165, 1.54) is 23.1 Å². The SMILES string of the molecule is Cc1ccc(N2C(=O)N(CC(=O)N(C)CC(=O)NCc3ccco3)C(=O)[C@@H]2C)cc1. The van der Waals surface area contributed by atoms with Crippen LogP contribution >= 0.6 is 0 Å². The number of hydrogen-bond acceptors (Lipinski definition) is 5. The van der Waals surface area contributed by atoms with Crippen LogP contribution in [0.1, 0.15) is 18.2 Å². The molecule has 2 heterocycles. The van der Waals surface area contributed by atoms with E-state index in [0.717, 1.165) is 10.5 Å². The molecule has 0 unspecified atom stereocenters. The van der Waals surface area contributed by atoms with Crippen molar-refractivity contribution in [2.75, 3.05) is 25.0 Å². The lowest BCUT2D eigenvalue weighted by Crippen LogP contribution is -2.45. The van der Waals surface area contributed by atoms with Gasteiger partial charge in [-0.15, -0.1) is 0 Å². The van der Waals surface area contributed by atoms with Gasteiger partial charge in [-0.05, 0) is 38.1 Å². The van der Waals surface area contributed by atoms with Gasteiger partial charge in [0.2, 0.25) is 11.8 Å². The van der Waals surface area contributed by atoms with Crippen LogP contribution in [0.5, 0.6) is 0 Å². The van der Waals surface area contributed by atoms with Crippen LogP contribution in [0, 0.1) is 6.92 Å². The van der Waals surface area contributed by atoms with Gasteiger partial charge < -0.3 is 14.6 Å². The Hall–Kier alpha value is -3.62. The smallest absolute Gasteiger partial charge is 0.332 e. The lowest BCUT2D eigenvalue weighted by atomic mass is 10.2. The molecule has 2 aromatic rings. The summed E-state index contributed by atoms with van der Waals surface area (Å²) in [5.41, 5.74) is 1.62. The maximum Gasteiger partial charge on any atom is 0.332 e. The van der Waals surface area contributed by atoms with Gasteiger partial charge in [-0.2, -0.15) is 0 Å². The normalized spacial score (nSPS) is 16.2. The number of nitrogens with zero attached hydrogens (tertiary/aromatic N) is 3. The number of furan rings is 1. The van der Waals surface area contributed by atoms with Crippen LogP contribution in [0.2, 0.25) is 0 Å². The van der Waals surface area contributed by atoms with E-state index < -0.39 is 30.4 Å². The molecule has 0 saturated carbocycles. The molecular formula is C21H24N4O5. The second-order valence-electron chi connectivity index (χ2n) is 7.19. The van der Waals surface area contributed by atoms with Gasteiger partial charge in [0.1, 0.15) is 18.3 Å². The van der Waals surface area contributed by atoms with Crippen LogP contribution in [0.3, 0.4) is 0 Å². The fourth-order valence-corrected chi connectivity index (χ4v) is 3.13. The van der Waals surface area contributed by atoms with Crippen molar-refractivity contribution in [3.05, 3.63) is 54.0 Å². The van der Waals surface area contributed by atoms with E-state index in [9.17, 15) is 19.2 Å². The standard InChI is InChI=1S/C21H24N4O5/c1-14-6-8-16(9-7-14)25-15(2)20(28)24(21(25)29)13-19(27)23(3)12-18(26)22-11-17-5-4-10-30-17/h4-10,15H,11-13H2,1-3H3,(H,22,26)/t15-/m0/s1. The third kappa shape index (κ3) is 4.51. The molecule has 1 fully saturated rings. The number of hydrogen-bond donors (Lipinski definition) is 1. The first-order valence-electron chi connectivity index (χ1n) is 9.52. The van der Waals surface area contributed by atoms with Crippen molar-refractivity contribution in [1.29, 1.82) is 0 Å². The minimum absolute atomic E-state index is 0.201. The second-order valence-corrected chi connectivity index (χ2v) is 7.19. The minimum Gasteiger partial charge on any atom is -0.467 e. The number of aryl methyl sites for hydroxylation is 1. The first-order valence-corrected chi connectivity index (χ1v) is 9.52. The van der Waals surface area contributed by atoms with Crippen LogP contribution in [0.15, 0.2) is 47.1 Å². The van der Waals surface area contributed by atoms with E-state index >= 15 is 0 Å². The summed E-state index contributed by atoms with van der Waals surface area (Å²) in [5, 5.41) is 2.64. The summed E-state index contributed by atoms with van der Waals surface area (Å²) in [6.45, 7) is 3.13. The molecule has 1 saturated heterocycles. The Bertz CT molecular complexity index is 939. The molecule has 5 amide bonds. The molecule has 1 aromatic carbocycles. The van der Waals surface area contributed by atoms with Crippen molar-refractivity contribution in [2.24, 2.45) is 0 Å². The molecule has 0 spiro atoms. The number of likely N-dealkylation sites (N-methyl/N-ethyl adjacent to an activating group) is 1. The first kappa shape index (κ1) is 21.1. The fourth-order valence-electron chi connectivity index (χ4n) is 3.13. The maximum absolute atomic E-state index is 12.8. The highest BCUT2D eigenvalue weighted by Gasteiger charge is 2.44. The minimum atomic E-state index is -0.713. The van der Waals surface area contributed by atoms with Gasteiger partial charge in [0, 0.05) is 12.7 Å². The molecule has 0 radical (unpaired) electrons. The van der Waals surface area contributed by atoms with E-state index in [-0.39, 0.29) is 19.0 Å². The Morgan fingerprint density at radius 1 is 1.17 bits per heavy atom. The zero-order valence-electron chi connectivity index (χ0n) is 17.1. The summed E-state index contributed by atoms with van der Waals surface area (Å²) in [6.07, 6.45) is 1.50. The van der Waals surface area contributed by atoms with Crippen molar-refractivity contribution in [2.45, 2.75) is 26.4 Å². The van der Waals surface area contributed by atoms with Crippen molar-refractivity contribution in [1.82, 2.24) is 15.1 Å². The number of carbonyl (C=O) groups is 4. The number of amides is 5. The third-order valence-corrected chi connectivity index (χ3v) is 4.90. The average Bonchev–Trinajstić information content (AvgIpc) is 3.30. The van der Waals surface area contributed by atoms with E-state index in [4.69, 9.17) is 4.42 Å². The lowest BCUT2D eigenvalue weighted by Gasteiger charge is -2.21. The number of imide groups is 1. The summed E-state index contributed by atoms with van der Waals surface area (Å²) in [4.78, 5) is 53.4. The maximum atomic E-state index is 12.8. The Balaban J connectivity index is 1.58. The molecule has 9 heteroatoms. The molecule has 1 aliphatic rings. The highest BCUT2D eigenvalue weighted by Crippen LogP contribution is 2.26. The largest absolute Gasteiger partial charge is 0.467 e. The van der Waals surface area contributed by atoms with E-state index in [1.807, 2.05) is 19.1 Å². The Morgan fingerprint density at radius 2 is 1.87 bits per heavy atom. The predicted octanol–water partition coefficient (Wildman–Crippen LogP) is 1.52. The highest BCUT2D eigenvalue weighted by molar-refractivity contribution is 6.15. The van der Waals surface area contributed by atoms with Crippen LogP contribution in [-0.2, 0) is 20.9 Å². The molecular weight excluding hydrogens is 388 g/mol. The van der Waals surface area contributed by atoms with Gasteiger partial charge in [-0.3, -0.25) is 24.2 Å². The molecule has 3 rings (SSSR count). The number of benzene rings is 1. The number of rotatable bonds is 7. The third-order valence-electron chi connectivity index (χ3n) is 4.90. The molecule has 30 heavy (non-hydrogen) atoms. The summed E-state index contributed by atoms with van der Waals surface area (Å²) in [6, 6.07) is 9.39. The van der Waals surface area contributed by atoms with Crippen molar-refractivity contribution in [3.8, 4) is 0 Å². The zero-order valence-corrected chi connectivity index (χ0v) is 17.1. The number of carbonyl (C=O) groups excluding carboxylic acids is 4. The molecule has 158 valence electrons. The van der Waals surface area contributed by atoms with Crippen LogP contribution < -0.4 is 10.2 Å². The molecule has 0 aliphatic carbocycles. The van der Waals surface area contributed by atoms with Gasteiger partial charge in [0.25, 0.3) is 5.91 Å². The van der Waals surface area contributed by atoms with Crippen LogP contribution in [0.25, 0.3) is 0 Å². The van der Waals surface area contributed by atoms with Gasteiger partial charge in [-0.25, -0.2) is 4.79 Å². The quantitative estimate of drug-likeness (QED) is 0.695. The summed E-state index contributed by atoms with van der Waals surface area (Å²) >= 11 is 0. The first-order chi connectivity index (χ1) is 14.3. The lowest BCUT2D eigenvalue weighted by molar-refractivity contribution is -0.138. The average molecular weight is 412 g/mol. The molecule has 9 nitrogen and oxygen atoms in total. The fraction of sp³-hybridized carbons (Fsp3) is 0.333. The Kier molecular flexibility index (Phi) is 6.20. The van der Waals surface area contributed by atoms with Gasteiger partial charge in [0.05, 0.1) is 19.4 Å². The molecule has 1 N–H and O–H groups in total. The Labute approximate surface area is 174 Å². The van der Waals surface area contributed by atoms with Crippen molar-refractivity contribution >= 4 is 29.4 Å². The van der Waals surface area contributed by atoms with E-state index in [0.29, 0.717) is 11.4 Å². The molecule has 1 atom stereocenters. The van der Waals surface area contributed by atoms with Crippen LogP contribution in [-0.4, -0.2) is 59.7 Å². The summed E-state index contributed by atoms with van der Waals surface area (Å²) in [7, 11) is 1.45. The molecule has 1 aromatic heterocycles. The Morgan fingerprint density at radius 3 is 2.50 bits per heavy atom. The predicted molar refractivity (Wildman–Crippen MR) is 108 cm³/mol. The summed E-state index contributed by atoms with van der Waals surface area (Å²) in [5.74, 6) is -0.751. The molecule has 1 aliphatic heterocycles. The van der Waals surface area contributed by atoms with Crippen LogP contribution in [0.4, 0.5) is 10.5 Å². The van der Waals surface area contributed by atoms with Gasteiger partial charge >= 0.3 is 6.03 Å². The summed E-state index contributed by atoms with van der Waals surface area (Å²) < 4.78 is 5.13. The number of urea groups is 1. The molecule has 0 bridgehead atoms. The van der Waals surface area contributed by atoms with E-state index in [1.54, 1.807) is 31.2 Å². The van der Waals surface area contributed by atoms with Crippen molar-refractivity contribution in [3.63, 3.8) is 0 Å². The van der Waals surface area contributed by atoms with E-state index in [2.05, 4.69) is 5.32 Å². The second kappa shape index (κ2) is 8.81. The number of anilines is 1. The number of nitrogens with one attached hydrogen (secondary N) is 1. The van der Waals surface area contributed by atoms with Crippen molar-refractivity contribution < 1.29 is 23.6 Å². The monoisotopic (exact) mass is 412 g/mol. The zero-order chi connectivity index (χ0) is 21.8. The van der Waals surface area contributed by atoms with Gasteiger partial charge in [0.15, 0.2) is 0 Å². The van der Waals surface area contributed by atoms with Gasteiger partial charge in [-0.1, -0.05) is 17.7 Å². The topological polar surface area (TPSA) is 103 Å². The highest BCUT2D eigenvalue weighted by atomic mass is 16.3.